The average Bonchev–Trinajstić information content (AvgIpc) is 2.09. The summed E-state index contributed by atoms with van der Waals surface area (Å²) in [5, 5.41) is 3.46. The van der Waals surface area contributed by atoms with Crippen LogP contribution >= 0.6 is 0 Å². The number of terminal acetylenes is 1. The van der Waals surface area contributed by atoms with Gasteiger partial charge in [-0.1, -0.05) is 19.8 Å². The summed E-state index contributed by atoms with van der Waals surface area (Å²) in [6, 6.07) is 0.655. The number of hydrogen-bond acceptors (Lipinski definition) is 1. The van der Waals surface area contributed by atoms with Crippen molar-refractivity contribution in [3.63, 3.8) is 0 Å². The fourth-order valence-electron chi connectivity index (χ4n) is 1.15. The molecule has 0 aliphatic heterocycles. The first kappa shape index (κ1) is 11.5. The molecule has 1 nitrogen and oxygen atoms in total. The molecule has 1 N–H and O–H groups in total. The van der Waals surface area contributed by atoms with Crippen molar-refractivity contribution in [2.45, 2.75) is 52.0 Å². The van der Waals surface area contributed by atoms with Gasteiger partial charge in [0.25, 0.3) is 0 Å². The maximum absolute atomic E-state index is 5.15. The first-order valence-corrected chi connectivity index (χ1v) is 4.98. The zero-order chi connectivity index (χ0) is 9.23. The molecule has 70 valence electrons. The average molecular weight is 167 g/mol. The minimum Gasteiger partial charge on any atom is -0.314 e. The first-order chi connectivity index (χ1) is 5.81. The third-order valence-electron chi connectivity index (χ3n) is 1.98. The van der Waals surface area contributed by atoms with Gasteiger partial charge in [0.2, 0.25) is 0 Å². The van der Waals surface area contributed by atoms with Crippen LogP contribution in [-0.2, 0) is 0 Å². The second kappa shape index (κ2) is 8.62. The predicted octanol–water partition coefficient (Wildman–Crippen LogP) is 2.57. The van der Waals surface area contributed by atoms with Crippen molar-refractivity contribution < 1.29 is 0 Å². The van der Waals surface area contributed by atoms with Gasteiger partial charge < -0.3 is 5.32 Å². The summed E-state index contributed by atoms with van der Waals surface area (Å²) >= 11 is 0. The maximum atomic E-state index is 5.15. The Balaban J connectivity index is 3.09. The Morgan fingerprint density at radius 3 is 2.75 bits per heavy atom. The lowest BCUT2D eigenvalue weighted by atomic mass is 10.1. The van der Waals surface area contributed by atoms with E-state index in [1.54, 1.807) is 0 Å². The lowest BCUT2D eigenvalue weighted by Crippen LogP contribution is -2.26. The first-order valence-electron chi connectivity index (χ1n) is 4.98. The van der Waals surface area contributed by atoms with Crippen LogP contribution in [0.2, 0.25) is 0 Å². The van der Waals surface area contributed by atoms with E-state index in [0.29, 0.717) is 6.04 Å². The van der Waals surface area contributed by atoms with Gasteiger partial charge in [-0.3, -0.25) is 0 Å². The molecular weight excluding hydrogens is 146 g/mol. The number of hydrogen-bond donors (Lipinski definition) is 1. The molecule has 0 heterocycles. The highest BCUT2D eigenvalue weighted by molar-refractivity contribution is 4.83. The van der Waals surface area contributed by atoms with Crippen molar-refractivity contribution in [1.82, 2.24) is 5.32 Å². The van der Waals surface area contributed by atoms with Gasteiger partial charge >= 0.3 is 0 Å². The molecule has 0 rings (SSSR count). The molecule has 0 fully saturated rings. The Morgan fingerprint density at radius 1 is 1.42 bits per heavy atom. The van der Waals surface area contributed by atoms with Crippen LogP contribution in [0.25, 0.3) is 0 Å². The second-order valence-corrected chi connectivity index (χ2v) is 3.31. The summed E-state index contributed by atoms with van der Waals surface area (Å²) in [7, 11) is 0. The monoisotopic (exact) mass is 167 g/mol. The Hall–Kier alpha value is -0.480. The molecule has 0 spiro atoms. The maximum Gasteiger partial charge on any atom is 0.00981 e. The van der Waals surface area contributed by atoms with Crippen molar-refractivity contribution in [3.8, 4) is 12.3 Å². The summed E-state index contributed by atoms with van der Waals surface area (Å²) in [5.74, 6) is 2.64. The quantitative estimate of drug-likeness (QED) is 0.454. The zero-order valence-electron chi connectivity index (χ0n) is 8.40. The molecule has 0 aliphatic rings. The molecular formula is C11H21N. The Labute approximate surface area is 76.9 Å². The van der Waals surface area contributed by atoms with E-state index in [4.69, 9.17) is 6.42 Å². The molecule has 1 atom stereocenters. The van der Waals surface area contributed by atoms with Crippen LogP contribution < -0.4 is 5.32 Å². The van der Waals surface area contributed by atoms with E-state index in [1.807, 2.05) is 0 Å². The largest absolute Gasteiger partial charge is 0.314 e. The summed E-state index contributed by atoms with van der Waals surface area (Å²) < 4.78 is 0. The van der Waals surface area contributed by atoms with Gasteiger partial charge in [-0.15, -0.1) is 12.3 Å². The SMILES string of the molecule is C#CCCCNC(C)CCCC. The van der Waals surface area contributed by atoms with Gasteiger partial charge in [0.05, 0.1) is 0 Å². The van der Waals surface area contributed by atoms with Gasteiger partial charge in [-0.05, 0) is 26.3 Å². The van der Waals surface area contributed by atoms with E-state index >= 15 is 0 Å². The van der Waals surface area contributed by atoms with Crippen molar-refractivity contribution >= 4 is 0 Å². The van der Waals surface area contributed by atoms with E-state index in [0.717, 1.165) is 19.4 Å². The highest BCUT2D eigenvalue weighted by Gasteiger charge is 1.98. The standard InChI is InChI=1S/C11H21N/c1-4-6-8-10-12-11(3)9-7-5-2/h1,11-12H,5-10H2,2-3H3. The second-order valence-electron chi connectivity index (χ2n) is 3.31. The molecule has 1 unspecified atom stereocenters. The minimum absolute atomic E-state index is 0.655. The van der Waals surface area contributed by atoms with E-state index in [9.17, 15) is 0 Å². The van der Waals surface area contributed by atoms with Crippen molar-refractivity contribution in [2.24, 2.45) is 0 Å². The van der Waals surface area contributed by atoms with E-state index < -0.39 is 0 Å². The van der Waals surface area contributed by atoms with Crippen LogP contribution in [0.1, 0.15) is 46.0 Å². The Morgan fingerprint density at radius 2 is 2.17 bits per heavy atom. The molecule has 0 saturated heterocycles. The van der Waals surface area contributed by atoms with Gasteiger partial charge in [0, 0.05) is 12.5 Å². The smallest absolute Gasteiger partial charge is 0.00981 e. The van der Waals surface area contributed by atoms with Gasteiger partial charge in [0.1, 0.15) is 0 Å². The Kier molecular flexibility index (Phi) is 8.27. The van der Waals surface area contributed by atoms with Crippen LogP contribution in [-0.4, -0.2) is 12.6 Å². The lowest BCUT2D eigenvalue weighted by Gasteiger charge is -2.11. The molecule has 0 aromatic carbocycles. The van der Waals surface area contributed by atoms with Gasteiger partial charge in [-0.2, -0.15) is 0 Å². The number of nitrogens with one attached hydrogen (secondary N) is 1. The van der Waals surface area contributed by atoms with Gasteiger partial charge in [0.15, 0.2) is 0 Å². The summed E-state index contributed by atoms with van der Waals surface area (Å²) in [4.78, 5) is 0. The van der Waals surface area contributed by atoms with Crippen LogP contribution in [0, 0.1) is 12.3 Å². The molecule has 0 aliphatic carbocycles. The topological polar surface area (TPSA) is 12.0 Å². The minimum atomic E-state index is 0.655. The molecule has 0 radical (unpaired) electrons. The summed E-state index contributed by atoms with van der Waals surface area (Å²) in [6.07, 6.45) is 11.0. The van der Waals surface area contributed by atoms with E-state index in [-0.39, 0.29) is 0 Å². The van der Waals surface area contributed by atoms with Crippen molar-refractivity contribution in [2.75, 3.05) is 6.54 Å². The fraction of sp³-hybridized carbons (Fsp3) is 0.818. The van der Waals surface area contributed by atoms with Crippen molar-refractivity contribution in [1.29, 1.82) is 0 Å². The van der Waals surface area contributed by atoms with Crippen LogP contribution in [0.3, 0.4) is 0 Å². The summed E-state index contributed by atoms with van der Waals surface area (Å²) in [6.45, 7) is 5.53. The van der Waals surface area contributed by atoms with Gasteiger partial charge in [-0.25, -0.2) is 0 Å². The predicted molar refractivity (Wildman–Crippen MR) is 55.1 cm³/mol. The molecule has 1 heteroatoms. The molecule has 0 aromatic rings. The van der Waals surface area contributed by atoms with E-state index in [1.165, 1.54) is 19.3 Å². The molecule has 0 aromatic heterocycles. The fourth-order valence-corrected chi connectivity index (χ4v) is 1.15. The summed E-state index contributed by atoms with van der Waals surface area (Å²) in [5.41, 5.74) is 0. The molecule has 0 bridgehead atoms. The lowest BCUT2D eigenvalue weighted by molar-refractivity contribution is 0.491. The normalized spacial score (nSPS) is 12.4. The Bertz CT molecular complexity index is 123. The number of unbranched alkanes of at least 4 members (excludes halogenated alkanes) is 2. The zero-order valence-corrected chi connectivity index (χ0v) is 8.40. The highest BCUT2D eigenvalue weighted by atomic mass is 14.9. The van der Waals surface area contributed by atoms with Crippen LogP contribution in [0.15, 0.2) is 0 Å². The highest BCUT2D eigenvalue weighted by Crippen LogP contribution is 1.99. The van der Waals surface area contributed by atoms with Crippen LogP contribution in [0.5, 0.6) is 0 Å². The van der Waals surface area contributed by atoms with Crippen LogP contribution in [0.4, 0.5) is 0 Å². The van der Waals surface area contributed by atoms with E-state index in [2.05, 4.69) is 25.1 Å². The molecule has 12 heavy (non-hydrogen) atoms. The molecule has 0 amide bonds. The number of rotatable bonds is 7. The van der Waals surface area contributed by atoms with Crippen molar-refractivity contribution in [3.05, 3.63) is 0 Å². The third kappa shape index (κ3) is 7.63. The third-order valence-corrected chi connectivity index (χ3v) is 1.98. The molecule has 0 saturated carbocycles.